The topological polar surface area (TPSA) is 81.7 Å². The average molecular weight is 417 g/mol. The number of carbonyl (C=O) groups is 3. The van der Waals surface area contributed by atoms with Crippen molar-refractivity contribution in [1.29, 1.82) is 0 Å². The Morgan fingerprint density at radius 1 is 0.871 bits per heavy atom. The summed E-state index contributed by atoms with van der Waals surface area (Å²) in [6, 6.07) is 20.3. The summed E-state index contributed by atoms with van der Waals surface area (Å²) in [6.45, 7) is 3.40. The van der Waals surface area contributed by atoms with E-state index in [1.165, 1.54) is 20.1 Å². The number of anilines is 1. The Bertz CT molecular complexity index is 1100. The number of rotatable bonds is 7. The molecule has 31 heavy (non-hydrogen) atoms. The van der Waals surface area contributed by atoms with Gasteiger partial charge in [-0.3, -0.25) is 9.59 Å². The number of aryl methyl sites for hydroxylation is 1. The van der Waals surface area contributed by atoms with Crippen molar-refractivity contribution in [2.45, 2.75) is 20.0 Å². The minimum Gasteiger partial charge on any atom is -0.497 e. The Labute approximate surface area is 180 Å². The summed E-state index contributed by atoms with van der Waals surface area (Å²) in [5, 5.41) is 2.68. The molecule has 0 unspecified atom stereocenters. The lowest BCUT2D eigenvalue weighted by atomic mass is 9.98. The number of esters is 1. The second kappa shape index (κ2) is 9.71. The number of hydrogen-bond donors (Lipinski definition) is 1. The summed E-state index contributed by atoms with van der Waals surface area (Å²) < 4.78 is 10.5. The van der Waals surface area contributed by atoms with Gasteiger partial charge in [-0.1, -0.05) is 54.1 Å². The van der Waals surface area contributed by atoms with Crippen LogP contribution in [0.5, 0.6) is 5.75 Å². The van der Waals surface area contributed by atoms with E-state index < -0.39 is 18.0 Å². The van der Waals surface area contributed by atoms with Gasteiger partial charge in [0.05, 0.1) is 12.7 Å². The number of methoxy groups -OCH3 is 1. The van der Waals surface area contributed by atoms with E-state index in [4.69, 9.17) is 9.47 Å². The van der Waals surface area contributed by atoms with Gasteiger partial charge in [-0.15, -0.1) is 0 Å². The molecule has 1 N–H and O–H groups in total. The van der Waals surface area contributed by atoms with Gasteiger partial charge < -0.3 is 14.8 Å². The van der Waals surface area contributed by atoms with Crippen LogP contribution in [0, 0.1) is 6.92 Å². The van der Waals surface area contributed by atoms with Gasteiger partial charge in [-0.2, -0.15) is 0 Å². The Morgan fingerprint density at radius 3 is 2.23 bits per heavy atom. The molecule has 3 aromatic rings. The maximum atomic E-state index is 12.9. The van der Waals surface area contributed by atoms with Crippen LogP contribution in [0.25, 0.3) is 0 Å². The molecule has 0 fully saturated rings. The number of benzene rings is 3. The maximum absolute atomic E-state index is 12.9. The molecule has 0 aliphatic carbocycles. The van der Waals surface area contributed by atoms with Gasteiger partial charge in [-0.05, 0) is 32.0 Å². The van der Waals surface area contributed by atoms with Crippen molar-refractivity contribution in [3.63, 3.8) is 0 Å². The van der Waals surface area contributed by atoms with E-state index >= 15 is 0 Å². The maximum Gasteiger partial charge on any atom is 0.339 e. The third-order valence-corrected chi connectivity index (χ3v) is 4.70. The molecule has 0 spiro atoms. The highest BCUT2D eigenvalue weighted by molar-refractivity contribution is 6.14. The van der Waals surface area contributed by atoms with Gasteiger partial charge in [-0.25, -0.2) is 4.79 Å². The fourth-order valence-electron chi connectivity index (χ4n) is 2.94. The van der Waals surface area contributed by atoms with Crippen LogP contribution in [-0.2, 0) is 9.53 Å². The molecule has 158 valence electrons. The van der Waals surface area contributed by atoms with Gasteiger partial charge in [0, 0.05) is 22.9 Å². The van der Waals surface area contributed by atoms with E-state index in [0.717, 1.165) is 5.56 Å². The monoisotopic (exact) mass is 417 g/mol. The van der Waals surface area contributed by atoms with Gasteiger partial charge in [0.25, 0.3) is 5.91 Å². The lowest BCUT2D eigenvalue weighted by Gasteiger charge is -2.15. The van der Waals surface area contributed by atoms with Crippen LogP contribution in [0.4, 0.5) is 5.69 Å². The molecule has 3 aromatic carbocycles. The van der Waals surface area contributed by atoms with Crippen molar-refractivity contribution in [3.05, 3.63) is 95.1 Å². The van der Waals surface area contributed by atoms with Crippen LogP contribution >= 0.6 is 0 Å². The van der Waals surface area contributed by atoms with Gasteiger partial charge >= 0.3 is 5.97 Å². The van der Waals surface area contributed by atoms with E-state index in [1.807, 2.05) is 19.1 Å². The molecule has 0 aliphatic heterocycles. The molecule has 1 atom stereocenters. The molecule has 1 amide bonds. The second-order valence-electron chi connectivity index (χ2n) is 7.01. The van der Waals surface area contributed by atoms with Crippen LogP contribution in [-0.4, -0.2) is 30.9 Å². The van der Waals surface area contributed by atoms with E-state index in [9.17, 15) is 14.4 Å². The van der Waals surface area contributed by atoms with Crippen LogP contribution in [0.1, 0.15) is 38.8 Å². The van der Waals surface area contributed by atoms with Crippen molar-refractivity contribution in [2.24, 2.45) is 0 Å². The molecule has 0 aromatic heterocycles. The van der Waals surface area contributed by atoms with Gasteiger partial charge in [0.2, 0.25) is 0 Å². The average Bonchev–Trinajstić information content (AvgIpc) is 2.79. The quantitative estimate of drug-likeness (QED) is 0.455. The smallest absolute Gasteiger partial charge is 0.339 e. The Kier molecular flexibility index (Phi) is 6.82. The molecule has 0 bridgehead atoms. The predicted molar refractivity (Wildman–Crippen MR) is 118 cm³/mol. The van der Waals surface area contributed by atoms with Crippen molar-refractivity contribution in [3.8, 4) is 5.75 Å². The fourth-order valence-corrected chi connectivity index (χ4v) is 2.94. The first-order valence-electron chi connectivity index (χ1n) is 9.75. The Morgan fingerprint density at radius 2 is 1.55 bits per heavy atom. The minimum atomic E-state index is -1.07. The normalized spacial score (nSPS) is 11.3. The highest BCUT2D eigenvalue weighted by Gasteiger charge is 2.23. The predicted octanol–water partition coefficient (Wildman–Crippen LogP) is 4.42. The third kappa shape index (κ3) is 5.36. The zero-order valence-electron chi connectivity index (χ0n) is 17.5. The molecule has 0 radical (unpaired) electrons. The molecular formula is C25H23NO5. The molecule has 0 saturated carbocycles. The first-order valence-corrected chi connectivity index (χ1v) is 9.75. The summed E-state index contributed by atoms with van der Waals surface area (Å²) in [4.78, 5) is 38.1. The van der Waals surface area contributed by atoms with Crippen LogP contribution in [0.2, 0.25) is 0 Å². The minimum absolute atomic E-state index is 0.106. The zero-order chi connectivity index (χ0) is 22.4. The van der Waals surface area contributed by atoms with E-state index in [2.05, 4.69) is 5.32 Å². The molecular weight excluding hydrogens is 394 g/mol. The van der Waals surface area contributed by atoms with Crippen molar-refractivity contribution in [1.82, 2.24) is 0 Å². The highest BCUT2D eigenvalue weighted by Crippen LogP contribution is 2.19. The van der Waals surface area contributed by atoms with Crippen LogP contribution in [0.3, 0.4) is 0 Å². The zero-order valence-corrected chi connectivity index (χ0v) is 17.5. The number of ketones is 1. The van der Waals surface area contributed by atoms with Gasteiger partial charge in [0.1, 0.15) is 5.75 Å². The summed E-state index contributed by atoms with van der Waals surface area (Å²) in [5.41, 5.74) is 2.34. The third-order valence-electron chi connectivity index (χ3n) is 4.70. The SMILES string of the molecule is COc1cccc(NC(=O)[C@H](C)OC(=O)c2ccccc2C(=O)c2ccc(C)cc2)c1. The molecule has 3 rings (SSSR count). The van der Waals surface area contributed by atoms with E-state index in [-0.39, 0.29) is 16.9 Å². The summed E-state index contributed by atoms with van der Waals surface area (Å²) in [7, 11) is 1.53. The summed E-state index contributed by atoms with van der Waals surface area (Å²) >= 11 is 0. The van der Waals surface area contributed by atoms with E-state index in [0.29, 0.717) is 17.0 Å². The highest BCUT2D eigenvalue weighted by atomic mass is 16.5. The molecule has 0 heterocycles. The largest absolute Gasteiger partial charge is 0.497 e. The van der Waals surface area contributed by atoms with Gasteiger partial charge in [0.15, 0.2) is 11.9 Å². The van der Waals surface area contributed by atoms with Crippen molar-refractivity contribution < 1.29 is 23.9 Å². The number of nitrogens with one attached hydrogen (secondary N) is 1. The van der Waals surface area contributed by atoms with Crippen LogP contribution < -0.4 is 10.1 Å². The fraction of sp³-hybridized carbons (Fsp3) is 0.160. The molecule has 6 heteroatoms. The van der Waals surface area contributed by atoms with Crippen LogP contribution in [0.15, 0.2) is 72.8 Å². The first-order chi connectivity index (χ1) is 14.9. The summed E-state index contributed by atoms with van der Waals surface area (Å²) in [6.07, 6.45) is -1.07. The lowest BCUT2D eigenvalue weighted by Crippen LogP contribution is -2.30. The second-order valence-corrected chi connectivity index (χ2v) is 7.01. The number of hydrogen-bond acceptors (Lipinski definition) is 5. The number of carbonyl (C=O) groups excluding carboxylic acids is 3. The molecule has 0 aliphatic rings. The number of amides is 1. The molecule has 6 nitrogen and oxygen atoms in total. The van der Waals surface area contributed by atoms with Crippen molar-refractivity contribution >= 4 is 23.3 Å². The number of ether oxygens (including phenoxy) is 2. The Hall–Kier alpha value is -3.93. The van der Waals surface area contributed by atoms with E-state index in [1.54, 1.807) is 54.6 Å². The van der Waals surface area contributed by atoms with Crippen molar-refractivity contribution in [2.75, 3.05) is 12.4 Å². The lowest BCUT2D eigenvalue weighted by molar-refractivity contribution is -0.123. The first kappa shape index (κ1) is 21.8. The molecule has 0 saturated heterocycles. The summed E-state index contributed by atoms with van der Waals surface area (Å²) in [5.74, 6) is -0.944. The Balaban J connectivity index is 1.73. The standard InChI is InChI=1S/C25H23NO5/c1-16-11-13-18(14-12-16)23(27)21-9-4-5-10-22(21)25(29)31-17(2)24(28)26-19-7-6-8-20(15-19)30-3/h4-15,17H,1-3H3,(H,26,28)/t17-/m0/s1.